The summed E-state index contributed by atoms with van der Waals surface area (Å²) in [5.74, 6) is -0.397. The molecule has 0 saturated carbocycles. The van der Waals surface area contributed by atoms with Crippen molar-refractivity contribution in [2.75, 3.05) is 19.5 Å². The minimum Gasteiger partial charge on any atom is -0.493 e. The van der Waals surface area contributed by atoms with E-state index < -0.39 is 12.5 Å². The number of hydrogen-bond donors (Lipinski definition) is 1. The van der Waals surface area contributed by atoms with Crippen LogP contribution in [0.1, 0.15) is 10.4 Å². The normalized spacial score (nSPS) is 10.3. The molecule has 0 aliphatic rings. The number of carbonyl (C=O) groups is 1. The predicted molar refractivity (Wildman–Crippen MR) is 78.4 cm³/mol. The molecule has 8 heteroatoms. The van der Waals surface area contributed by atoms with Gasteiger partial charge in [-0.15, -0.1) is 0 Å². The standard InChI is InChI=1S/C15H14F2N2O4/c1-21-11-6-5-9(8-12(11)23-15(16)17)19-13(20)10-4-3-7-18-14(10)22-2/h3-8,15H,1-2H3,(H,19,20). The molecule has 23 heavy (non-hydrogen) atoms. The summed E-state index contributed by atoms with van der Waals surface area (Å²) in [7, 11) is 2.72. The Balaban J connectivity index is 2.24. The number of ether oxygens (including phenoxy) is 3. The number of aromatic nitrogens is 1. The Hall–Kier alpha value is -2.90. The molecule has 0 unspecified atom stereocenters. The fourth-order valence-electron chi connectivity index (χ4n) is 1.87. The molecule has 122 valence electrons. The van der Waals surface area contributed by atoms with Gasteiger partial charge in [0, 0.05) is 18.0 Å². The van der Waals surface area contributed by atoms with E-state index in [2.05, 4.69) is 15.0 Å². The molecule has 0 spiro atoms. The molecule has 0 bridgehead atoms. The summed E-state index contributed by atoms with van der Waals surface area (Å²) in [6, 6.07) is 7.26. The van der Waals surface area contributed by atoms with E-state index in [1.807, 2.05) is 0 Å². The van der Waals surface area contributed by atoms with Crippen LogP contribution in [0.5, 0.6) is 17.4 Å². The van der Waals surface area contributed by atoms with Crippen LogP contribution in [0.2, 0.25) is 0 Å². The Kier molecular flexibility index (Phi) is 5.29. The van der Waals surface area contributed by atoms with Gasteiger partial charge in [-0.3, -0.25) is 4.79 Å². The summed E-state index contributed by atoms with van der Waals surface area (Å²) in [6.45, 7) is -3.01. The van der Waals surface area contributed by atoms with Crippen molar-refractivity contribution in [2.45, 2.75) is 6.61 Å². The highest BCUT2D eigenvalue weighted by atomic mass is 19.3. The summed E-state index contributed by atoms with van der Waals surface area (Å²) in [6.07, 6.45) is 1.48. The highest BCUT2D eigenvalue weighted by molar-refractivity contribution is 6.05. The second-order valence-corrected chi connectivity index (χ2v) is 4.26. The molecule has 0 aliphatic carbocycles. The lowest BCUT2D eigenvalue weighted by Crippen LogP contribution is -2.14. The van der Waals surface area contributed by atoms with Crippen molar-refractivity contribution < 1.29 is 27.8 Å². The van der Waals surface area contributed by atoms with E-state index in [0.29, 0.717) is 0 Å². The zero-order valence-corrected chi connectivity index (χ0v) is 12.4. The second-order valence-electron chi connectivity index (χ2n) is 4.26. The summed E-state index contributed by atoms with van der Waals surface area (Å²) < 4.78 is 39.1. The van der Waals surface area contributed by atoms with Gasteiger partial charge in [0.25, 0.3) is 5.91 Å². The number of carbonyl (C=O) groups excluding carboxylic acids is 1. The van der Waals surface area contributed by atoms with Crippen molar-refractivity contribution >= 4 is 11.6 Å². The van der Waals surface area contributed by atoms with Crippen LogP contribution < -0.4 is 19.5 Å². The molecule has 1 aromatic heterocycles. The maximum atomic E-state index is 12.4. The van der Waals surface area contributed by atoms with E-state index >= 15 is 0 Å². The summed E-state index contributed by atoms with van der Waals surface area (Å²) in [4.78, 5) is 16.1. The first-order chi connectivity index (χ1) is 11.0. The first kappa shape index (κ1) is 16.5. The molecule has 0 atom stereocenters. The number of amides is 1. The van der Waals surface area contributed by atoms with Crippen molar-refractivity contribution in [2.24, 2.45) is 0 Å². The van der Waals surface area contributed by atoms with Gasteiger partial charge in [0.15, 0.2) is 11.5 Å². The Labute approximate surface area is 131 Å². The highest BCUT2D eigenvalue weighted by Crippen LogP contribution is 2.31. The minimum atomic E-state index is -3.01. The van der Waals surface area contributed by atoms with E-state index in [1.54, 1.807) is 6.07 Å². The molecule has 1 heterocycles. The third-order valence-electron chi connectivity index (χ3n) is 2.85. The van der Waals surface area contributed by atoms with Gasteiger partial charge >= 0.3 is 6.61 Å². The molecule has 6 nitrogen and oxygen atoms in total. The number of nitrogens with zero attached hydrogens (tertiary/aromatic N) is 1. The van der Waals surface area contributed by atoms with Crippen LogP contribution in [0.3, 0.4) is 0 Å². The van der Waals surface area contributed by atoms with Gasteiger partial charge in [-0.2, -0.15) is 8.78 Å². The molecular weight excluding hydrogens is 310 g/mol. The minimum absolute atomic E-state index is 0.127. The quantitative estimate of drug-likeness (QED) is 0.885. The number of pyridine rings is 1. The maximum absolute atomic E-state index is 12.4. The number of benzene rings is 1. The van der Waals surface area contributed by atoms with Crippen LogP contribution >= 0.6 is 0 Å². The number of methoxy groups -OCH3 is 2. The van der Waals surface area contributed by atoms with Crippen LogP contribution in [0.25, 0.3) is 0 Å². The van der Waals surface area contributed by atoms with E-state index in [1.165, 1.54) is 44.7 Å². The molecule has 0 fully saturated rings. The lowest BCUT2D eigenvalue weighted by Gasteiger charge is -2.12. The summed E-state index contributed by atoms with van der Waals surface area (Å²) in [5.41, 5.74) is 0.472. The Morgan fingerprint density at radius 2 is 1.96 bits per heavy atom. The molecule has 1 amide bonds. The van der Waals surface area contributed by atoms with Crippen molar-refractivity contribution in [3.63, 3.8) is 0 Å². The van der Waals surface area contributed by atoms with Crippen molar-refractivity contribution in [1.29, 1.82) is 0 Å². The van der Waals surface area contributed by atoms with Crippen molar-refractivity contribution in [1.82, 2.24) is 4.98 Å². The molecule has 0 radical (unpaired) electrons. The van der Waals surface area contributed by atoms with Crippen LogP contribution in [0.15, 0.2) is 36.5 Å². The number of anilines is 1. The Morgan fingerprint density at radius 3 is 2.61 bits per heavy atom. The van der Waals surface area contributed by atoms with Gasteiger partial charge in [-0.05, 0) is 24.3 Å². The van der Waals surface area contributed by atoms with E-state index in [-0.39, 0.29) is 28.6 Å². The molecular formula is C15H14F2N2O4. The van der Waals surface area contributed by atoms with Crippen LogP contribution in [-0.2, 0) is 0 Å². The average molecular weight is 324 g/mol. The lowest BCUT2D eigenvalue weighted by atomic mass is 10.2. The number of hydrogen-bond acceptors (Lipinski definition) is 5. The number of halogens is 2. The molecule has 2 aromatic rings. The van der Waals surface area contributed by atoms with Gasteiger partial charge < -0.3 is 19.5 Å². The van der Waals surface area contributed by atoms with Gasteiger partial charge in [0.2, 0.25) is 5.88 Å². The third-order valence-corrected chi connectivity index (χ3v) is 2.85. The Morgan fingerprint density at radius 1 is 1.17 bits per heavy atom. The monoisotopic (exact) mass is 324 g/mol. The largest absolute Gasteiger partial charge is 0.493 e. The van der Waals surface area contributed by atoms with Crippen LogP contribution in [0.4, 0.5) is 14.5 Å². The first-order valence-corrected chi connectivity index (χ1v) is 6.48. The average Bonchev–Trinajstić information content (AvgIpc) is 2.54. The fourth-order valence-corrected chi connectivity index (χ4v) is 1.87. The smallest absolute Gasteiger partial charge is 0.387 e. The maximum Gasteiger partial charge on any atom is 0.387 e. The van der Waals surface area contributed by atoms with Gasteiger partial charge in [0.05, 0.1) is 14.2 Å². The number of rotatable bonds is 6. The predicted octanol–water partition coefficient (Wildman–Crippen LogP) is 2.95. The fraction of sp³-hybridized carbons (Fsp3) is 0.200. The molecule has 0 saturated heterocycles. The topological polar surface area (TPSA) is 69.7 Å². The third kappa shape index (κ3) is 4.06. The molecule has 2 rings (SSSR count). The van der Waals surface area contributed by atoms with Gasteiger partial charge in [-0.1, -0.05) is 0 Å². The van der Waals surface area contributed by atoms with Gasteiger partial charge in [-0.25, -0.2) is 4.98 Å². The zero-order valence-electron chi connectivity index (χ0n) is 12.4. The van der Waals surface area contributed by atoms with E-state index in [9.17, 15) is 13.6 Å². The van der Waals surface area contributed by atoms with E-state index in [0.717, 1.165) is 0 Å². The van der Waals surface area contributed by atoms with E-state index in [4.69, 9.17) is 9.47 Å². The van der Waals surface area contributed by atoms with Crippen LogP contribution in [-0.4, -0.2) is 31.7 Å². The molecule has 0 aliphatic heterocycles. The second kappa shape index (κ2) is 7.39. The lowest BCUT2D eigenvalue weighted by molar-refractivity contribution is -0.0511. The molecule has 1 N–H and O–H groups in total. The Bertz CT molecular complexity index is 695. The highest BCUT2D eigenvalue weighted by Gasteiger charge is 2.15. The van der Waals surface area contributed by atoms with Crippen LogP contribution in [0, 0.1) is 0 Å². The summed E-state index contributed by atoms with van der Waals surface area (Å²) in [5, 5.41) is 2.56. The van der Waals surface area contributed by atoms with Gasteiger partial charge in [0.1, 0.15) is 5.56 Å². The van der Waals surface area contributed by atoms with Crippen molar-refractivity contribution in [3.05, 3.63) is 42.1 Å². The first-order valence-electron chi connectivity index (χ1n) is 6.48. The summed E-state index contributed by atoms with van der Waals surface area (Å²) >= 11 is 0. The number of alkyl halides is 2. The number of nitrogens with one attached hydrogen (secondary N) is 1. The molecule has 1 aromatic carbocycles. The van der Waals surface area contributed by atoms with Crippen molar-refractivity contribution in [3.8, 4) is 17.4 Å². The zero-order chi connectivity index (χ0) is 16.8. The SMILES string of the molecule is COc1ccc(NC(=O)c2cccnc2OC)cc1OC(F)F.